The standard InChI is InChI=1S/C18H23N3O3S/c1-18(6-9-25(22,23)14-18)21-12-15(10-19-21)11-20-7-8-24-13-16-4-2-3-5-17(16)20/h2-5,10,12H,6-9,11,13-14H2,1H3. The minimum Gasteiger partial charge on any atom is -0.375 e. The quantitative estimate of drug-likeness (QED) is 0.836. The molecule has 0 amide bonds. The van der Waals surface area contributed by atoms with Gasteiger partial charge in [-0.15, -0.1) is 0 Å². The Morgan fingerprint density at radius 2 is 2.16 bits per heavy atom. The third-order valence-corrected chi connectivity index (χ3v) is 7.03. The molecule has 0 spiro atoms. The lowest BCUT2D eigenvalue weighted by atomic mass is 10.0. The Morgan fingerprint density at radius 3 is 2.96 bits per heavy atom. The van der Waals surface area contributed by atoms with E-state index in [0.717, 1.165) is 18.7 Å². The molecule has 0 aliphatic carbocycles. The molecule has 2 aromatic rings. The molecule has 7 heteroatoms. The number of fused-ring (bicyclic) bond motifs is 1. The SMILES string of the molecule is CC1(n2cc(CN3CCOCc4ccccc43)cn2)CCS(=O)(=O)C1. The van der Waals surface area contributed by atoms with Crippen LogP contribution in [0.1, 0.15) is 24.5 Å². The molecule has 6 nitrogen and oxygen atoms in total. The van der Waals surface area contributed by atoms with E-state index < -0.39 is 15.4 Å². The number of nitrogens with zero attached hydrogens (tertiary/aromatic N) is 3. The van der Waals surface area contributed by atoms with Crippen LogP contribution in [-0.2, 0) is 33.3 Å². The van der Waals surface area contributed by atoms with Gasteiger partial charge in [-0.25, -0.2) is 8.42 Å². The second kappa shape index (κ2) is 6.14. The number of rotatable bonds is 3. The van der Waals surface area contributed by atoms with Gasteiger partial charge in [0.15, 0.2) is 9.84 Å². The molecule has 1 fully saturated rings. The maximum Gasteiger partial charge on any atom is 0.152 e. The number of para-hydroxylation sites is 1. The van der Waals surface area contributed by atoms with Crippen molar-refractivity contribution in [2.24, 2.45) is 0 Å². The summed E-state index contributed by atoms with van der Waals surface area (Å²) in [6.07, 6.45) is 4.47. The Kier molecular flexibility index (Phi) is 4.08. The van der Waals surface area contributed by atoms with Gasteiger partial charge in [-0.05, 0) is 19.4 Å². The Hall–Kier alpha value is -1.86. The van der Waals surface area contributed by atoms with Gasteiger partial charge in [-0.1, -0.05) is 18.2 Å². The van der Waals surface area contributed by atoms with Crippen molar-refractivity contribution in [2.45, 2.75) is 32.0 Å². The highest BCUT2D eigenvalue weighted by atomic mass is 32.2. The summed E-state index contributed by atoms with van der Waals surface area (Å²) in [4.78, 5) is 2.30. The molecule has 2 aliphatic heterocycles. The predicted octanol–water partition coefficient (Wildman–Crippen LogP) is 1.95. The maximum atomic E-state index is 11.9. The summed E-state index contributed by atoms with van der Waals surface area (Å²) >= 11 is 0. The number of anilines is 1. The van der Waals surface area contributed by atoms with E-state index in [0.29, 0.717) is 19.6 Å². The van der Waals surface area contributed by atoms with Gasteiger partial charge in [-0.3, -0.25) is 4.68 Å². The van der Waals surface area contributed by atoms with Crippen molar-refractivity contribution < 1.29 is 13.2 Å². The average molecular weight is 361 g/mol. The van der Waals surface area contributed by atoms with Gasteiger partial charge in [0, 0.05) is 36.1 Å². The van der Waals surface area contributed by atoms with E-state index in [1.807, 2.05) is 36.1 Å². The van der Waals surface area contributed by atoms with Crippen LogP contribution < -0.4 is 4.90 Å². The number of aromatic nitrogens is 2. The Balaban J connectivity index is 1.56. The van der Waals surface area contributed by atoms with Gasteiger partial charge in [0.2, 0.25) is 0 Å². The van der Waals surface area contributed by atoms with Crippen LogP contribution >= 0.6 is 0 Å². The predicted molar refractivity (Wildman–Crippen MR) is 96.3 cm³/mol. The smallest absolute Gasteiger partial charge is 0.152 e. The first-order chi connectivity index (χ1) is 12.0. The fraction of sp³-hybridized carbons (Fsp3) is 0.500. The van der Waals surface area contributed by atoms with Gasteiger partial charge in [-0.2, -0.15) is 5.10 Å². The summed E-state index contributed by atoms with van der Waals surface area (Å²) in [5.41, 5.74) is 3.04. The van der Waals surface area contributed by atoms with E-state index >= 15 is 0 Å². The van der Waals surface area contributed by atoms with Gasteiger partial charge in [0.1, 0.15) is 0 Å². The van der Waals surface area contributed by atoms with Crippen molar-refractivity contribution in [3.05, 3.63) is 47.8 Å². The number of ether oxygens (including phenoxy) is 1. The molecule has 1 saturated heterocycles. The fourth-order valence-electron chi connectivity index (χ4n) is 3.71. The van der Waals surface area contributed by atoms with E-state index in [4.69, 9.17) is 4.74 Å². The van der Waals surface area contributed by atoms with Crippen molar-refractivity contribution in [3.63, 3.8) is 0 Å². The van der Waals surface area contributed by atoms with Gasteiger partial charge >= 0.3 is 0 Å². The molecule has 0 saturated carbocycles. The summed E-state index contributed by atoms with van der Waals surface area (Å²) in [5, 5.41) is 4.47. The van der Waals surface area contributed by atoms with E-state index in [-0.39, 0.29) is 11.5 Å². The molecule has 0 N–H and O–H groups in total. The minimum atomic E-state index is -2.95. The molecule has 4 rings (SSSR count). The molecule has 1 aromatic carbocycles. The summed E-state index contributed by atoms with van der Waals surface area (Å²) < 4.78 is 31.2. The van der Waals surface area contributed by atoms with E-state index in [1.165, 1.54) is 11.3 Å². The molecule has 2 aliphatic rings. The van der Waals surface area contributed by atoms with Crippen molar-refractivity contribution in [3.8, 4) is 0 Å². The van der Waals surface area contributed by atoms with Crippen molar-refractivity contribution >= 4 is 15.5 Å². The normalized spacial score (nSPS) is 25.6. The highest BCUT2D eigenvalue weighted by molar-refractivity contribution is 7.91. The molecule has 1 unspecified atom stereocenters. The lowest BCUT2D eigenvalue weighted by molar-refractivity contribution is 0.132. The van der Waals surface area contributed by atoms with Crippen LogP contribution in [-0.4, -0.2) is 42.9 Å². The largest absolute Gasteiger partial charge is 0.375 e. The second-order valence-corrected chi connectivity index (χ2v) is 9.42. The van der Waals surface area contributed by atoms with Crippen LogP contribution in [0.3, 0.4) is 0 Å². The number of hydrogen-bond acceptors (Lipinski definition) is 5. The maximum absolute atomic E-state index is 11.9. The Morgan fingerprint density at radius 1 is 1.32 bits per heavy atom. The summed E-state index contributed by atoms with van der Waals surface area (Å²) in [5.74, 6) is 0.414. The van der Waals surface area contributed by atoms with Gasteiger partial charge in [0.05, 0.1) is 36.5 Å². The van der Waals surface area contributed by atoms with Crippen LogP contribution in [0.25, 0.3) is 0 Å². The molecule has 25 heavy (non-hydrogen) atoms. The van der Waals surface area contributed by atoms with Crippen LogP contribution in [0, 0.1) is 0 Å². The minimum absolute atomic E-state index is 0.168. The molecular weight excluding hydrogens is 338 g/mol. The Labute approximate surface area is 148 Å². The van der Waals surface area contributed by atoms with Crippen molar-refractivity contribution in [1.29, 1.82) is 0 Å². The molecule has 0 radical (unpaired) electrons. The van der Waals surface area contributed by atoms with Gasteiger partial charge in [0.25, 0.3) is 0 Å². The van der Waals surface area contributed by atoms with E-state index in [9.17, 15) is 8.42 Å². The average Bonchev–Trinajstić information content (AvgIpc) is 3.09. The molecule has 1 atom stereocenters. The van der Waals surface area contributed by atoms with E-state index in [2.05, 4.69) is 22.1 Å². The Bertz CT molecular complexity index is 877. The lowest BCUT2D eigenvalue weighted by Crippen LogP contribution is -2.31. The van der Waals surface area contributed by atoms with Crippen LogP contribution in [0.2, 0.25) is 0 Å². The molecule has 134 valence electrons. The lowest BCUT2D eigenvalue weighted by Gasteiger charge is -2.24. The van der Waals surface area contributed by atoms with Crippen LogP contribution in [0.5, 0.6) is 0 Å². The fourth-order valence-corrected chi connectivity index (χ4v) is 5.83. The third kappa shape index (κ3) is 3.30. The van der Waals surface area contributed by atoms with Crippen molar-refractivity contribution in [1.82, 2.24) is 9.78 Å². The molecular formula is C18H23N3O3S. The number of sulfone groups is 1. The van der Waals surface area contributed by atoms with Crippen LogP contribution in [0.4, 0.5) is 5.69 Å². The van der Waals surface area contributed by atoms with E-state index in [1.54, 1.807) is 0 Å². The van der Waals surface area contributed by atoms with Crippen LogP contribution in [0.15, 0.2) is 36.7 Å². The molecule has 3 heterocycles. The highest BCUT2D eigenvalue weighted by Crippen LogP contribution is 2.31. The molecule has 0 bridgehead atoms. The summed E-state index contributed by atoms with van der Waals surface area (Å²) in [6.45, 7) is 4.88. The summed E-state index contributed by atoms with van der Waals surface area (Å²) in [7, 11) is -2.95. The topological polar surface area (TPSA) is 64.4 Å². The highest BCUT2D eigenvalue weighted by Gasteiger charge is 2.40. The zero-order chi connectivity index (χ0) is 17.5. The zero-order valence-electron chi connectivity index (χ0n) is 14.4. The monoisotopic (exact) mass is 361 g/mol. The summed E-state index contributed by atoms with van der Waals surface area (Å²) in [6, 6.07) is 8.30. The molecule has 1 aromatic heterocycles. The first-order valence-corrected chi connectivity index (χ1v) is 10.4. The number of benzene rings is 1. The zero-order valence-corrected chi connectivity index (χ0v) is 15.2. The third-order valence-electron chi connectivity index (χ3n) is 5.14. The first kappa shape index (κ1) is 16.6. The second-order valence-electron chi connectivity index (χ2n) is 7.23. The van der Waals surface area contributed by atoms with Gasteiger partial charge < -0.3 is 9.64 Å². The van der Waals surface area contributed by atoms with Crippen molar-refractivity contribution in [2.75, 3.05) is 29.6 Å². The first-order valence-electron chi connectivity index (χ1n) is 8.60. The number of hydrogen-bond donors (Lipinski definition) is 0.